The fourth-order valence-electron chi connectivity index (χ4n) is 2.86. The van der Waals surface area contributed by atoms with Crippen molar-refractivity contribution < 1.29 is 14.7 Å². The van der Waals surface area contributed by atoms with Crippen molar-refractivity contribution in [3.63, 3.8) is 0 Å². The van der Waals surface area contributed by atoms with Gasteiger partial charge in [0.05, 0.1) is 0 Å². The van der Waals surface area contributed by atoms with Gasteiger partial charge >= 0.3 is 5.97 Å². The van der Waals surface area contributed by atoms with Crippen LogP contribution in [0.5, 0.6) is 0 Å². The normalized spacial score (nSPS) is 10.6. The lowest BCUT2D eigenvalue weighted by Crippen LogP contribution is -2.26. The second-order valence-electron chi connectivity index (χ2n) is 6.13. The number of amides is 1. The third kappa shape index (κ3) is 6.79. The minimum atomic E-state index is -0.766. The Kier molecular flexibility index (Phi) is 7.70. The summed E-state index contributed by atoms with van der Waals surface area (Å²) in [4.78, 5) is 22.8. The summed E-state index contributed by atoms with van der Waals surface area (Å²) in [6.07, 6.45) is 2.87. The van der Waals surface area contributed by atoms with E-state index in [1.54, 1.807) is 0 Å². The highest BCUT2D eigenvalue weighted by atomic mass is 16.4. The maximum atomic E-state index is 12.3. The molecule has 2 rings (SSSR count). The predicted molar refractivity (Wildman–Crippen MR) is 98.5 cm³/mol. The average molecular weight is 339 g/mol. The van der Waals surface area contributed by atoms with E-state index in [-0.39, 0.29) is 18.2 Å². The summed E-state index contributed by atoms with van der Waals surface area (Å²) >= 11 is 0. The summed E-state index contributed by atoms with van der Waals surface area (Å²) in [6.45, 7) is 0.592. The fraction of sp³-hybridized carbons (Fsp3) is 0.333. The van der Waals surface area contributed by atoms with Crippen LogP contribution in [0.2, 0.25) is 0 Å². The van der Waals surface area contributed by atoms with Crippen LogP contribution in [0.3, 0.4) is 0 Å². The molecule has 25 heavy (non-hydrogen) atoms. The molecule has 2 aromatic carbocycles. The van der Waals surface area contributed by atoms with Crippen LogP contribution in [0.1, 0.15) is 49.1 Å². The molecule has 4 nitrogen and oxygen atoms in total. The molecule has 0 aliphatic heterocycles. The Hall–Kier alpha value is -2.62. The summed E-state index contributed by atoms with van der Waals surface area (Å²) in [5, 5.41) is 11.6. The van der Waals surface area contributed by atoms with E-state index in [0.717, 1.165) is 24.0 Å². The van der Waals surface area contributed by atoms with Crippen molar-refractivity contribution >= 4 is 11.9 Å². The monoisotopic (exact) mass is 339 g/mol. The molecule has 0 saturated carbocycles. The van der Waals surface area contributed by atoms with E-state index in [0.29, 0.717) is 19.4 Å². The Morgan fingerprint density at radius 1 is 0.840 bits per heavy atom. The van der Waals surface area contributed by atoms with Crippen LogP contribution in [0.4, 0.5) is 0 Å². The van der Waals surface area contributed by atoms with Crippen molar-refractivity contribution in [3.05, 3.63) is 71.8 Å². The Bertz CT molecular complexity index is 616. The predicted octanol–water partition coefficient (Wildman–Crippen LogP) is 3.97. The quantitative estimate of drug-likeness (QED) is 0.644. The van der Waals surface area contributed by atoms with E-state index < -0.39 is 5.97 Å². The molecule has 132 valence electrons. The standard InChI is InChI=1S/C21H25NO3/c23-20(22-15-9-3-8-14-21(24)25)16-19(17-10-4-1-5-11-17)18-12-6-2-7-13-18/h1-2,4-7,10-13,19H,3,8-9,14-16H2,(H,22,23)(H,24,25). The first-order chi connectivity index (χ1) is 12.2. The third-order valence-corrected chi connectivity index (χ3v) is 4.18. The highest BCUT2D eigenvalue weighted by Gasteiger charge is 2.17. The average Bonchev–Trinajstić information content (AvgIpc) is 2.64. The Labute approximate surface area is 148 Å². The molecule has 1 amide bonds. The smallest absolute Gasteiger partial charge is 0.303 e. The molecule has 2 aromatic rings. The Morgan fingerprint density at radius 2 is 1.40 bits per heavy atom. The van der Waals surface area contributed by atoms with Gasteiger partial charge in [-0.05, 0) is 24.0 Å². The first-order valence-electron chi connectivity index (χ1n) is 8.75. The zero-order valence-electron chi connectivity index (χ0n) is 14.4. The molecule has 4 heteroatoms. The molecular weight excluding hydrogens is 314 g/mol. The van der Waals surface area contributed by atoms with Crippen LogP contribution >= 0.6 is 0 Å². The van der Waals surface area contributed by atoms with E-state index in [9.17, 15) is 9.59 Å². The number of hydrogen-bond acceptors (Lipinski definition) is 2. The van der Waals surface area contributed by atoms with E-state index in [2.05, 4.69) is 29.6 Å². The lowest BCUT2D eigenvalue weighted by molar-refractivity contribution is -0.137. The number of nitrogens with one attached hydrogen (secondary N) is 1. The van der Waals surface area contributed by atoms with Crippen LogP contribution in [-0.2, 0) is 9.59 Å². The highest BCUT2D eigenvalue weighted by Crippen LogP contribution is 2.27. The van der Waals surface area contributed by atoms with E-state index >= 15 is 0 Å². The van der Waals surface area contributed by atoms with Gasteiger partial charge in [-0.1, -0.05) is 67.1 Å². The molecule has 0 radical (unpaired) electrons. The van der Waals surface area contributed by atoms with Crippen molar-refractivity contribution in [2.24, 2.45) is 0 Å². The van der Waals surface area contributed by atoms with Gasteiger partial charge in [-0.25, -0.2) is 0 Å². The minimum absolute atomic E-state index is 0.0240. The number of carbonyl (C=O) groups excluding carboxylic acids is 1. The number of unbranched alkanes of at least 4 members (excludes halogenated alkanes) is 2. The lowest BCUT2D eigenvalue weighted by atomic mass is 9.88. The summed E-state index contributed by atoms with van der Waals surface area (Å²) in [5.74, 6) is -0.706. The first-order valence-corrected chi connectivity index (χ1v) is 8.75. The van der Waals surface area contributed by atoms with Crippen molar-refractivity contribution in [1.82, 2.24) is 5.32 Å². The molecule has 0 saturated heterocycles. The first kappa shape index (κ1) is 18.7. The molecule has 0 fully saturated rings. The molecule has 0 heterocycles. The zero-order valence-corrected chi connectivity index (χ0v) is 14.4. The largest absolute Gasteiger partial charge is 0.481 e. The number of carboxylic acids is 1. The van der Waals surface area contributed by atoms with Crippen molar-refractivity contribution in [3.8, 4) is 0 Å². The van der Waals surface area contributed by atoms with E-state index in [1.165, 1.54) is 0 Å². The van der Waals surface area contributed by atoms with E-state index in [1.807, 2.05) is 36.4 Å². The number of benzene rings is 2. The molecule has 0 bridgehead atoms. The van der Waals surface area contributed by atoms with Gasteiger partial charge in [0, 0.05) is 25.3 Å². The molecule has 0 aliphatic carbocycles. The molecular formula is C21H25NO3. The zero-order chi connectivity index (χ0) is 17.9. The van der Waals surface area contributed by atoms with Gasteiger partial charge < -0.3 is 10.4 Å². The summed E-state index contributed by atoms with van der Waals surface area (Å²) in [7, 11) is 0. The maximum absolute atomic E-state index is 12.3. The van der Waals surface area contributed by atoms with Gasteiger partial charge in [0.25, 0.3) is 0 Å². The lowest BCUT2D eigenvalue weighted by Gasteiger charge is -2.18. The SMILES string of the molecule is O=C(O)CCCCCNC(=O)CC(c1ccccc1)c1ccccc1. The van der Waals surface area contributed by atoms with Crippen LogP contribution < -0.4 is 5.32 Å². The van der Waals surface area contributed by atoms with Gasteiger partial charge in [-0.3, -0.25) is 9.59 Å². The summed E-state index contributed by atoms with van der Waals surface area (Å²) < 4.78 is 0. The minimum Gasteiger partial charge on any atom is -0.481 e. The second-order valence-corrected chi connectivity index (χ2v) is 6.13. The van der Waals surface area contributed by atoms with Gasteiger partial charge in [0.15, 0.2) is 0 Å². The van der Waals surface area contributed by atoms with Crippen LogP contribution in [0.15, 0.2) is 60.7 Å². The number of carbonyl (C=O) groups is 2. The number of aliphatic carboxylic acids is 1. The number of carboxylic acid groups (broad SMARTS) is 1. The number of hydrogen-bond donors (Lipinski definition) is 2. The van der Waals surface area contributed by atoms with Gasteiger partial charge in [0.2, 0.25) is 5.91 Å². The summed E-state index contributed by atoms with van der Waals surface area (Å²) in [6, 6.07) is 20.1. The molecule has 0 unspecified atom stereocenters. The third-order valence-electron chi connectivity index (χ3n) is 4.18. The summed E-state index contributed by atoms with van der Waals surface area (Å²) in [5.41, 5.74) is 2.26. The van der Waals surface area contributed by atoms with Gasteiger partial charge in [-0.15, -0.1) is 0 Å². The molecule has 0 atom stereocenters. The van der Waals surface area contributed by atoms with E-state index in [4.69, 9.17) is 5.11 Å². The van der Waals surface area contributed by atoms with Crippen LogP contribution in [0, 0.1) is 0 Å². The van der Waals surface area contributed by atoms with Crippen LogP contribution in [0.25, 0.3) is 0 Å². The van der Waals surface area contributed by atoms with Gasteiger partial charge in [0.1, 0.15) is 0 Å². The van der Waals surface area contributed by atoms with Crippen molar-refractivity contribution in [2.45, 2.75) is 38.0 Å². The Morgan fingerprint density at radius 3 is 1.92 bits per heavy atom. The topological polar surface area (TPSA) is 66.4 Å². The van der Waals surface area contributed by atoms with Crippen molar-refractivity contribution in [1.29, 1.82) is 0 Å². The molecule has 0 aliphatic rings. The molecule has 0 spiro atoms. The van der Waals surface area contributed by atoms with Crippen molar-refractivity contribution in [2.75, 3.05) is 6.54 Å². The van der Waals surface area contributed by atoms with Gasteiger partial charge in [-0.2, -0.15) is 0 Å². The fourth-order valence-corrected chi connectivity index (χ4v) is 2.86. The van der Waals surface area contributed by atoms with Crippen LogP contribution in [-0.4, -0.2) is 23.5 Å². The molecule has 0 aromatic heterocycles. The molecule has 2 N–H and O–H groups in total. The maximum Gasteiger partial charge on any atom is 0.303 e. The Balaban J connectivity index is 1.87. The highest BCUT2D eigenvalue weighted by molar-refractivity contribution is 5.77. The number of rotatable bonds is 10. The second kappa shape index (κ2) is 10.3.